The van der Waals surface area contributed by atoms with Crippen LogP contribution in [0.2, 0.25) is 0 Å². The van der Waals surface area contributed by atoms with Crippen LogP contribution in [-0.4, -0.2) is 44.9 Å². The summed E-state index contributed by atoms with van der Waals surface area (Å²) in [6, 6.07) is 12.5. The van der Waals surface area contributed by atoms with Gasteiger partial charge in [-0.25, -0.2) is 12.7 Å². The number of benzene rings is 2. The molecule has 0 radical (unpaired) electrons. The Kier molecular flexibility index (Phi) is 8.70. The van der Waals surface area contributed by atoms with Crippen LogP contribution < -0.4 is 13.8 Å². The van der Waals surface area contributed by atoms with Crippen molar-refractivity contribution in [3.8, 4) is 11.5 Å². The molecule has 8 nitrogen and oxygen atoms in total. The Morgan fingerprint density at radius 2 is 1.91 bits per heavy atom. The molecule has 1 N–H and O–H groups in total. The van der Waals surface area contributed by atoms with Gasteiger partial charge < -0.3 is 14.6 Å². The number of carboxylic acid groups (broad SMARTS) is 1. The van der Waals surface area contributed by atoms with Gasteiger partial charge in [0.05, 0.1) is 25.2 Å². The van der Waals surface area contributed by atoms with E-state index in [1.165, 1.54) is 12.1 Å². The number of carboxylic acids is 1. The average Bonchev–Trinajstić information content (AvgIpc) is 3.09. The predicted octanol–water partition coefficient (Wildman–Crippen LogP) is 4.04. The van der Waals surface area contributed by atoms with Crippen molar-refractivity contribution in [3.63, 3.8) is 0 Å². The Bertz CT molecular complexity index is 1140. The van der Waals surface area contributed by atoms with Gasteiger partial charge in [-0.15, -0.1) is 0 Å². The smallest absolute Gasteiger partial charge is 0.303 e. The molecule has 2 aromatic carbocycles. The zero-order chi connectivity index (χ0) is 24.6. The summed E-state index contributed by atoms with van der Waals surface area (Å²) in [6.07, 6.45) is 6.73. The molecular formula is C25H29NO7S. The first-order chi connectivity index (χ1) is 16.3. The lowest BCUT2D eigenvalue weighted by Gasteiger charge is -2.18. The van der Waals surface area contributed by atoms with Crippen LogP contribution in [0.4, 0.5) is 5.69 Å². The van der Waals surface area contributed by atoms with Crippen LogP contribution in [0.3, 0.4) is 0 Å². The van der Waals surface area contributed by atoms with Gasteiger partial charge >= 0.3 is 5.97 Å². The third-order valence-corrected chi connectivity index (χ3v) is 7.10. The second kappa shape index (κ2) is 11.7. The highest BCUT2D eigenvalue weighted by Crippen LogP contribution is 2.31. The molecule has 1 aliphatic rings. The number of carbonyl (C=O) groups is 2. The van der Waals surface area contributed by atoms with Gasteiger partial charge in [-0.2, -0.15) is 0 Å². The number of hydrogen-bond donors (Lipinski definition) is 1. The van der Waals surface area contributed by atoms with Crippen molar-refractivity contribution in [3.05, 3.63) is 59.7 Å². The Hall–Kier alpha value is -3.33. The minimum absolute atomic E-state index is 0.0576. The number of unbranched alkanes of at least 4 members (excludes halogenated alkanes) is 2. The Morgan fingerprint density at radius 1 is 1.15 bits per heavy atom. The summed E-state index contributed by atoms with van der Waals surface area (Å²) in [5, 5.41) is 9.06. The highest BCUT2D eigenvalue weighted by atomic mass is 32.2. The lowest BCUT2D eigenvalue weighted by molar-refractivity contribution is -0.137. The fourth-order valence-electron chi connectivity index (χ4n) is 3.62. The van der Waals surface area contributed by atoms with Crippen molar-refractivity contribution >= 4 is 33.7 Å². The minimum atomic E-state index is -3.69. The largest absolute Gasteiger partial charge is 0.497 e. The standard InChI is InChI=1S/C25H29NO7S/c1-32-22-11-7-19(8-12-22)6-4-2-3-5-16-33-23-13-10-21(18-20(23)9-14-25(28)29)26-24(27)15-17-34(26,30)31/h4,6-8,10-13,18H,2-3,5,9,14-17H2,1H3,(H,28,29). The zero-order valence-corrected chi connectivity index (χ0v) is 19.9. The quantitative estimate of drug-likeness (QED) is 0.450. The number of sulfonamides is 1. The van der Waals surface area contributed by atoms with Gasteiger partial charge in [0.1, 0.15) is 11.5 Å². The number of nitrogens with zero attached hydrogens (tertiary/aromatic N) is 1. The average molecular weight is 488 g/mol. The Morgan fingerprint density at radius 3 is 2.56 bits per heavy atom. The molecule has 1 saturated heterocycles. The number of carbonyl (C=O) groups excluding carboxylic acids is 1. The Labute approximate surface area is 199 Å². The second-order valence-corrected chi connectivity index (χ2v) is 9.87. The first-order valence-electron chi connectivity index (χ1n) is 11.1. The molecule has 0 aliphatic carbocycles. The van der Waals surface area contributed by atoms with Gasteiger partial charge in [0.2, 0.25) is 15.9 Å². The molecule has 0 spiro atoms. The monoisotopic (exact) mass is 487 g/mol. The molecule has 1 fully saturated rings. The maximum atomic E-state index is 12.2. The van der Waals surface area contributed by atoms with E-state index in [1.807, 2.05) is 24.3 Å². The van der Waals surface area contributed by atoms with Crippen LogP contribution in [0.5, 0.6) is 11.5 Å². The van der Waals surface area contributed by atoms with E-state index in [4.69, 9.17) is 14.6 Å². The van der Waals surface area contributed by atoms with E-state index in [-0.39, 0.29) is 30.7 Å². The molecule has 0 unspecified atom stereocenters. The number of allylic oxidation sites excluding steroid dienone is 1. The summed E-state index contributed by atoms with van der Waals surface area (Å²) in [5.41, 5.74) is 1.88. The lowest BCUT2D eigenvalue weighted by Crippen LogP contribution is -2.29. The molecular weight excluding hydrogens is 458 g/mol. The fourth-order valence-corrected chi connectivity index (χ4v) is 5.07. The van der Waals surface area contributed by atoms with Crippen molar-refractivity contribution < 1.29 is 32.6 Å². The third-order valence-electron chi connectivity index (χ3n) is 5.41. The predicted molar refractivity (Wildman–Crippen MR) is 130 cm³/mol. The number of hydrogen-bond acceptors (Lipinski definition) is 6. The van der Waals surface area contributed by atoms with Gasteiger partial charge in [0.15, 0.2) is 0 Å². The summed E-state index contributed by atoms with van der Waals surface area (Å²) in [4.78, 5) is 23.1. The van der Waals surface area contributed by atoms with Gasteiger partial charge in [-0.05, 0) is 67.1 Å². The summed E-state index contributed by atoms with van der Waals surface area (Å²) in [5.74, 6) is -0.353. The molecule has 1 amide bonds. The Balaban J connectivity index is 1.55. The van der Waals surface area contributed by atoms with E-state index in [1.54, 1.807) is 13.2 Å². The second-order valence-electron chi connectivity index (χ2n) is 7.93. The van der Waals surface area contributed by atoms with Crippen LogP contribution in [-0.2, 0) is 26.0 Å². The highest BCUT2D eigenvalue weighted by molar-refractivity contribution is 7.94. The first-order valence-corrected chi connectivity index (χ1v) is 12.7. The van der Waals surface area contributed by atoms with Gasteiger partial charge in [0, 0.05) is 12.8 Å². The topological polar surface area (TPSA) is 110 Å². The van der Waals surface area contributed by atoms with E-state index < -0.39 is 21.9 Å². The van der Waals surface area contributed by atoms with Crippen LogP contribution in [0.25, 0.3) is 6.08 Å². The number of aryl methyl sites for hydroxylation is 1. The van der Waals surface area contributed by atoms with Crippen LogP contribution in [0, 0.1) is 0 Å². The molecule has 3 rings (SSSR count). The summed E-state index contributed by atoms with van der Waals surface area (Å²) in [7, 11) is -2.06. The van der Waals surface area contributed by atoms with E-state index in [9.17, 15) is 18.0 Å². The lowest BCUT2D eigenvalue weighted by atomic mass is 10.1. The molecule has 2 aromatic rings. The van der Waals surface area contributed by atoms with E-state index in [0.717, 1.165) is 34.9 Å². The summed E-state index contributed by atoms with van der Waals surface area (Å²) in [6.45, 7) is 0.441. The SMILES string of the molecule is COc1ccc(C=CCCCCOc2ccc(N3C(=O)CCS3(=O)=O)cc2CCC(=O)O)cc1. The van der Waals surface area contributed by atoms with Crippen LogP contribution in [0.15, 0.2) is 48.5 Å². The maximum absolute atomic E-state index is 12.2. The molecule has 1 aliphatic heterocycles. The van der Waals surface area contributed by atoms with Crippen LogP contribution in [0.1, 0.15) is 43.2 Å². The maximum Gasteiger partial charge on any atom is 0.303 e. The molecule has 0 aromatic heterocycles. The fraction of sp³-hybridized carbons (Fsp3) is 0.360. The molecule has 182 valence electrons. The molecule has 0 bridgehead atoms. The number of rotatable bonds is 12. The molecule has 34 heavy (non-hydrogen) atoms. The van der Waals surface area contributed by atoms with Gasteiger partial charge in [-0.1, -0.05) is 24.3 Å². The number of amides is 1. The van der Waals surface area contributed by atoms with Crippen molar-refractivity contribution in [1.82, 2.24) is 0 Å². The first kappa shape index (κ1) is 25.3. The van der Waals surface area contributed by atoms with Crippen LogP contribution >= 0.6 is 0 Å². The van der Waals surface area contributed by atoms with Crippen molar-refractivity contribution in [2.45, 2.75) is 38.5 Å². The number of methoxy groups -OCH3 is 1. The molecule has 9 heteroatoms. The van der Waals surface area contributed by atoms with Crippen molar-refractivity contribution in [1.29, 1.82) is 0 Å². The molecule has 0 saturated carbocycles. The van der Waals surface area contributed by atoms with E-state index in [0.29, 0.717) is 17.9 Å². The van der Waals surface area contributed by atoms with E-state index >= 15 is 0 Å². The number of anilines is 1. The van der Waals surface area contributed by atoms with Gasteiger partial charge in [-0.3, -0.25) is 9.59 Å². The number of ether oxygens (including phenoxy) is 2. The van der Waals surface area contributed by atoms with E-state index in [2.05, 4.69) is 12.2 Å². The third kappa shape index (κ3) is 6.84. The normalized spacial score (nSPS) is 15.1. The zero-order valence-electron chi connectivity index (χ0n) is 19.1. The summed E-state index contributed by atoms with van der Waals surface area (Å²) >= 11 is 0. The molecule has 1 heterocycles. The minimum Gasteiger partial charge on any atom is -0.497 e. The van der Waals surface area contributed by atoms with Crippen molar-refractivity contribution in [2.75, 3.05) is 23.8 Å². The summed E-state index contributed by atoms with van der Waals surface area (Å²) < 4.78 is 36.3. The number of aliphatic carboxylic acids is 1. The molecule has 0 atom stereocenters. The van der Waals surface area contributed by atoms with Gasteiger partial charge in [0.25, 0.3) is 0 Å². The highest BCUT2D eigenvalue weighted by Gasteiger charge is 2.36. The van der Waals surface area contributed by atoms with Crippen molar-refractivity contribution in [2.24, 2.45) is 0 Å².